The van der Waals surface area contributed by atoms with Crippen LogP contribution in [0.5, 0.6) is 5.75 Å². The van der Waals surface area contributed by atoms with E-state index in [-0.39, 0.29) is 18.1 Å². The van der Waals surface area contributed by atoms with Crippen molar-refractivity contribution in [3.05, 3.63) is 95.2 Å². The minimum absolute atomic E-state index is 0.124. The van der Waals surface area contributed by atoms with Gasteiger partial charge in [-0.25, -0.2) is 0 Å². The van der Waals surface area contributed by atoms with E-state index in [1.165, 1.54) is 0 Å². The first-order chi connectivity index (χ1) is 14.5. The standard InChI is InChI=1S/C25H21NO4/c1-16-21-15-19(26-23(27)14-17-8-11-20(29-2)12-9-17)10-13-22(21)30-25(16)24(28)18-6-4-3-5-7-18/h3-13,15H,14H2,1-2H3,(H,26,27). The van der Waals surface area contributed by atoms with E-state index in [1.54, 1.807) is 31.4 Å². The monoisotopic (exact) mass is 399 g/mol. The summed E-state index contributed by atoms with van der Waals surface area (Å²) < 4.78 is 11.0. The lowest BCUT2D eigenvalue weighted by atomic mass is 10.0. The van der Waals surface area contributed by atoms with Crippen molar-refractivity contribution in [2.75, 3.05) is 12.4 Å². The van der Waals surface area contributed by atoms with Gasteiger partial charge in [0, 0.05) is 22.2 Å². The highest BCUT2D eigenvalue weighted by molar-refractivity contribution is 6.10. The summed E-state index contributed by atoms with van der Waals surface area (Å²) >= 11 is 0. The molecule has 3 aromatic carbocycles. The maximum absolute atomic E-state index is 12.8. The number of ether oxygens (including phenoxy) is 1. The van der Waals surface area contributed by atoms with E-state index in [0.717, 1.165) is 22.3 Å². The second kappa shape index (κ2) is 8.25. The van der Waals surface area contributed by atoms with Gasteiger partial charge in [-0.1, -0.05) is 42.5 Å². The second-order valence-electron chi connectivity index (χ2n) is 7.04. The third kappa shape index (κ3) is 3.96. The molecule has 0 aliphatic carbocycles. The summed E-state index contributed by atoms with van der Waals surface area (Å²) in [5.41, 5.74) is 3.49. The molecule has 0 saturated carbocycles. The predicted molar refractivity (Wildman–Crippen MR) is 116 cm³/mol. The topological polar surface area (TPSA) is 68.5 Å². The molecule has 30 heavy (non-hydrogen) atoms. The van der Waals surface area contributed by atoms with Crippen molar-refractivity contribution >= 4 is 28.3 Å². The normalized spacial score (nSPS) is 10.7. The minimum atomic E-state index is -0.158. The smallest absolute Gasteiger partial charge is 0.228 e. The van der Waals surface area contributed by atoms with E-state index in [1.807, 2.05) is 55.5 Å². The zero-order valence-electron chi connectivity index (χ0n) is 16.8. The molecule has 0 aliphatic rings. The average Bonchev–Trinajstić information content (AvgIpc) is 3.10. The SMILES string of the molecule is COc1ccc(CC(=O)Nc2ccc3oc(C(=O)c4ccccc4)c(C)c3c2)cc1. The largest absolute Gasteiger partial charge is 0.497 e. The summed E-state index contributed by atoms with van der Waals surface area (Å²) in [6.07, 6.45) is 0.254. The molecule has 0 fully saturated rings. The molecule has 5 heteroatoms. The highest BCUT2D eigenvalue weighted by Crippen LogP contribution is 2.29. The summed E-state index contributed by atoms with van der Waals surface area (Å²) in [5.74, 6) is 0.787. The van der Waals surface area contributed by atoms with E-state index in [4.69, 9.17) is 9.15 Å². The summed E-state index contributed by atoms with van der Waals surface area (Å²) in [4.78, 5) is 25.2. The zero-order chi connectivity index (χ0) is 21.1. The van der Waals surface area contributed by atoms with Crippen LogP contribution >= 0.6 is 0 Å². The quantitative estimate of drug-likeness (QED) is 0.455. The van der Waals surface area contributed by atoms with Crippen LogP contribution in [0.1, 0.15) is 27.2 Å². The predicted octanol–water partition coefficient (Wildman–Crippen LogP) is 5.16. The molecule has 0 radical (unpaired) electrons. The number of furan rings is 1. The van der Waals surface area contributed by atoms with Crippen LogP contribution in [0.3, 0.4) is 0 Å². The minimum Gasteiger partial charge on any atom is -0.497 e. The average molecular weight is 399 g/mol. The first-order valence-electron chi connectivity index (χ1n) is 9.61. The van der Waals surface area contributed by atoms with Gasteiger partial charge in [0.2, 0.25) is 11.7 Å². The Kier molecular flexibility index (Phi) is 5.35. The Balaban J connectivity index is 1.53. The molecule has 0 spiro atoms. The maximum Gasteiger partial charge on any atom is 0.228 e. The third-order valence-corrected chi connectivity index (χ3v) is 4.99. The lowest BCUT2D eigenvalue weighted by Crippen LogP contribution is -2.14. The number of anilines is 1. The van der Waals surface area contributed by atoms with Gasteiger partial charge in [0.1, 0.15) is 11.3 Å². The molecule has 150 valence electrons. The molecule has 0 unspecified atom stereocenters. The Labute approximate surface area is 174 Å². The molecule has 4 rings (SSSR count). The molecule has 1 amide bonds. The Morgan fingerprint density at radius 1 is 0.967 bits per heavy atom. The van der Waals surface area contributed by atoms with E-state index >= 15 is 0 Å². The van der Waals surface area contributed by atoms with Crippen molar-refractivity contribution in [3.63, 3.8) is 0 Å². The molecule has 0 aliphatic heterocycles. The summed E-state index contributed by atoms with van der Waals surface area (Å²) in [6, 6.07) is 21.8. The van der Waals surface area contributed by atoms with Crippen molar-refractivity contribution in [2.24, 2.45) is 0 Å². The number of hydrogen-bond acceptors (Lipinski definition) is 4. The Hall–Kier alpha value is -3.86. The molecule has 0 atom stereocenters. The lowest BCUT2D eigenvalue weighted by molar-refractivity contribution is -0.115. The van der Waals surface area contributed by atoms with Crippen molar-refractivity contribution in [2.45, 2.75) is 13.3 Å². The molecule has 1 heterocycles. The van der Waals surface area contributed by atoms with Crippen LogP contribution in [0.2, 0.25) is 0 Å². The third-order valence-electron chi connectivity index (χ3n) is 4.99. The van der Waals surface area contributed by atoms with Crippen LogP contribution in [-0.2, 0) is 11.2 Å². The lowest BCUT2D eigenvalue weighted by Gasteiger charge is -2.06. The number of fused-ring (bicyclic) bond motifs is 1. The number of nitrogens with one attached hydrogen (secondary N) is 1. The van der Waals surface area contributed by atoms with Crippen LogP contribution in [0, 0.1) is 6.92 Å². The Bertz CT molecular complexity index is 1210. The Morgan fingerprint density at radius 2 is 1.70 bits per heavy atom. The molecule has 0 saturated heterocycles. The molecule has 0 bridgehead atoms. The van der Waals surface area contributed by atoms with Crippen LogP contribution in [0.4, 0.5) is 5.69 Å². The van der Waals surface area contributed by atoms with Gasteiger partial charge in [-0.3, -0.25) is 9.59 Å². The highest BCUT2D eigenvalue weighted by Gasteiger charge is 2.19. The van der Waals surface area contributed by atoms with Gasteiger partial charge >= 0.3 is 0 Å². The van der Waals surface area contributed by atoms with Crippen molar-refractivity contribution in [3.8, 4) is 5.75 Å². The van der Waals surface area contributed by atoms with Crippen molar-refractivity contribution < 1.29 is 18.7 Å². The highest BCUT2D eigenvalue weighted by atomic mass is 16.5. The number of aryl methyl sites for hydroxylation is 1. The molecular weight excluding hydrogens is 378 g/mol. The van der Waals surface area contributed by atoms with E-state index in [9.17, 15) is 9.59 Å². The second-order valence-corrected chi connectivity index (χ2v) is 7.04. The van der Waals surface area contributed by atoms with Crippen molar-refractivity contribution in [1.29, 1.82) is 0 Å². The van der Waals surface area contributed by atoms with Gasteiger partial charge in [-0.2, -0.15) is 0 Å². The van der Waals surface area contributed by atoms with Crippen LogP contribution in [0.15, 0.2) is 77.2 Å². The van der Waals surface area contributed by atoms with Gasteiger partial charge in [-0.05, 0) is 42.8 Å². The first kappa shape index (κ1) is 19.5. The molecule has 1 N–H and O–H groups in total. The van der Waals surface area contributed by atoms with E-state index in [2.05, 4.69) is 5.32 Å². The summed E-state index contributed by atoms with van der Waals surface area (Å²) in [7, 11) is 1.61. The van der Waals surface area contributed by atoms with Crippen molar-refractivity contribution in [1.82, 2.24) is 0 Å². The zero-order valence-corrected chi connectivity index (χ0v) is 16.8. The number of benzene rings is 3. The van der Waals surface area contributed by atoms with Gasteiger partial charge in [0.05, 0.1) is 13.5 Å². The van der Waals surface area contributed by atoms with Crippen LogP contribution in [0.25, 0.3) is 11.0 Å². The fraction of sp³-hybridized carbons (Fsp3) is 0.120. The van der Waals surface area contributed by atoms with Crippen LogP contribution in [-0.4, -0.2) is 18.8 Å². The number of methoxy groups -OCH3 is 1. The fourth-order valence-electron chi connectivity index (χ4n) is 3.37. The molecule has 5 nitrogen and oxygen atoms in total. The number of ketones is 1. The summed E-state index contributed by atoms with van der Waals surface area (Å²) in [5, 5.41) is 3.71. The number of hydrogen-bond donors (Lipinski definition) is 1. The summed E-state index contributed by atoms with van der Waals surface area (Å²) in [6.45, 7) is 1.85. The van der Waals surface area contributed by atoms with E-state index < -0.39 is 0 Å². The maximum atomic E-state index is 12.8. The molecular formula is C25H21NO4. The number of carbonyl (C=O) groups excluding carboxylic acids is 2. The molecule has 4 aromatic rings. The Morgan fingerprint density at radius 3 is 2.40 bits per heavy atom. The van der Waals surface area contributed by atoms with Gasteiger partial charge in [0.25, 0.3) is 0 Å². The first-order valence-corrected chi connectivity index (χ1v) is 9.61. The van der Waals surface area contributed by atoms with Gasteiger partial charge in [0.15, 0.2) is 5.76 Å². The molecule has 1 aromatic heterocycles. The number of amides is 1. The number of rotatable bonds is 6. The van der Waals surface area contributed by atoms with Gasteiger partial charge < -0.3 is 14.5 Å². The van der Waals surface area contributed by atoms with Gasteiger partial charge in [-0.15, -0.1) is 0 Å². The number of carbonyl (C=O) groups is 2. The van der Waals surface area contributed by atoms with Crippen LogP contribution < -0.4 is 10.1 Å². The van der Waals surface area contributed by atoms with E-state index in [0.29, 0.717) is 22.6 Å². The fourth-order valence-corrected chi connectivity index (χ4v) is 3.37.